The van der Waals surface area contributed by atoms with Crippen LogP contribution >= 0.6 is 11.6 Å². The van der Waals surface area contributed by atoms with Gasteiger partial charge in [0, 0.05) is 31.6 Å². The summed E-state index contributed by atoms with van der Waals surface area (Å²) in [6.07, 6.45) is 4.24. The first kappa shape index (κ1) is 14.6. The lowest BCUT2D eigenvalue weighted by Gasteiger charge is -2.33. The molecular weight excluding hydrogens is 288 g/mol. The molecule has 5 nitrogen and oxygen atoms in total. The first-order chi connectivity index (χ1) is 10.1. The fraction of sp³-hybridized carbons (Fsp3) is 0.667. The Bertz CT molecular complexity index is 559. The maximum Gasteiger partial charge on any atom is 0.224 e. The van der Waals surface area contributed by atoms with Gasteiger partial charge >= 0.3 is 0 Å². The molecule has 1 aromatic rings. The molecular formula is C15H21ClN4O. The minimum absolute atomic E-state index is 0.0289. The number of aromatic nitrogens is 2. The van der Waals surface area contributed by atoms with Gasteiger partial charge in [-0.3, -0.25) is 4.79 Å². The van der Waals surface area contributed by atoms with Gasteiger partial charge < -0.3 is 10.2 Å². The molecule has 2 aliphatic rings. The van der Waals surface area contributed by atoms with Crippen molar-refractivity contribution in [1.29, 1.82) is 0 Å². The lowest BCUT2D eigenvalue weighted by Crippen LogP contribution is -2.42. The number of nitrogens with one attached hydrogen (secondary N) is 1. The van der Waals surface area contributed by atoms with Crippen LogP contribution in [0.25, 0.3) is 0 Å². The van der Waals surface area contributed by atoms with Gasteiger partial charge in [-0.2, -0.15) is 0 Å². The van der Waals surface area contributed by atoms with Crippen molar-refractivity contribution in [3.8, 4) is 0 Å². The van der Waals surface area contributed by atoms with Gasteiger partial charge in [-0.1, -0.05) is 11.6 Å². The number of rotatable bonds is 3. The third-order valence-corrected chi connectivity index (χ3v) is 4.73. The van der Waals surface area contributed by atoms with Gasteiger partial charge in [0.15, 0.2) is 0 Å². The van der Waals surface area contributed by atoms with Gasteiger partial charge in [0.25, 0.3) is 0 Å². The molecule has 0 bridgehead atoms. The van der Waals surface area contributed by atoms with Gasteiger partial charge in [0.05, 0.1) is 5.92 Å². The summed E-state index contributed by atoms with van der Waals surface area (Å²) in [4.78, 5) is 23.2. The molecule has 1 saturated carbocycles. The summed E-state index contributed by atoms with van der Waals surface area (Å²) in [5, 5.41) is 3.29. The maximum atomic E-state index is 11.9. The smallest absolute Gasteiger partial charge is 0.224 e. The highest BCUT2D eigenvalue weighted by Crippen LogP contribution is 2.40. The van der Waals surface area contributed by atoms with Crippen LogP contribution in [0, 0.1) is 12.8 Å². The van der Waals surface area contributed by atoms with Crippen LogP contribution in [0.3, 0.4) is 0 Å². The molecule has 1 aliphatic carbocycles. The van der Waals surface area contributed by atoms with Crippen molar-refractivity contribution < 1.29 is 4.79 Å². The van der Waals surface area contributed by atoms with E-state index in [1.165, 1.54) is 0 Å². The number of nitrogens with zero attached hydrogens (tertiary/aromatic N) is 3. The third-order valence-electron chi connectivity index (χ3n) is 4.36. The van der Waals surface area contributed by atoms with E-state index < -0.39 is 0 Å². The quantitative estimate of drug-likeness (QED) is 0.870. The molecule has 1 amide bonds. The Hall–Kier alpha value is -1.36. The molecule has 1 aromatic heterocycles. The highest BCUT2D eigenvalue weighted by Gasteiger charge is 2.31. The summed E-state index contributed by atoms with van der Waals surface area (Å²) in [5.74, 6) is 2.38. The zero-order chi connectivity index (χ0) is 15.0. The van der Waals surface area contributed by atoms with Gasteiger partial charge in [-0.05, 0) is 32.6 Å². The van der Waals surface area contributed by atoms with E-state index in [4.69, 9.17) is 16.6 Å². The van der Waals surface area contributed by atoms with E-state index in [0.29, 0.717) is 17.6 Å². The van der Waals surface area contributed by atoms with Gasteiger partial charge in [-0.15, -0.1) is 0 Å². The van der Waals surface area contributed by atoms with Gasteiger partial charge in [-0.25, -0.2) is 9.97 Å². The predicted octanol–water partition coefficient (Wildman–Crippen LogP) is 2.28. The summed E-state index contributed by atoms with van der Waals surface area (Å²) in [7, 11) is 1.69. The Morgan fingerprint density at radius 1 is 1.33 bits per heavy atom. The molecule has 3 rings (SSSR count). The highest BCUT2D eigenvalue weighted by atomic mass is 35.5. The van der Waals surface area contributed by atoms with Crippen molar-refractivity contribution in [2.75, 3.05) is 25.0 Å². The lowest BCUT2D eigenvalue weighted by atomic mass is 9.97. The van der Waals surface area contributed by atoms with Crippen LogP contribution in [0.4, 0.5) is 5.82 Å². The van der Waals surface area contributed by atoms with E-state index in [1.807, 2.05) is 6.92 Å². The molecule has 2 heterocycles. The molecule has 6 heteroatoms. The average Bonchev–Trinajstić information content (AvgIpc) is 3.34. The monoisotopic (exact) mass is 308 g/mol. The number of anilines is 1. The normalized spacial score (nSPS) is 22.2. The number of hydrogen-bond donors (Lipinski definition) is 1. The van der Waals surface area contributed by atoms with Crippen LogP contribution in [0.15, 0.2) is 0 Å². The van der Waals surface area contributed by atoms with Crippen LogP contribution in [-0.4, -0.2) is 36.0 Å². The summed E-state index contributed by atoms with van der Waals surface area (Å²) in [5.41, 5.74) is 0.915. The molecule has 2 fully saturated rings. The number of carbonyl (C=O) groups excluding carboxylic acids is 1. The van der Waals surface area contributed by atoms with Gasteiger partial charge in [0.2, 0.25) is 5.91 Å². The lowest BCUT2D eigenvalue weighted by molar-refractivity contribution is -0.124. The van der Waals surface area contributed by atoms with E-state index in [-0.39, 0.29) is 11.8 Å². The second-order valence-corrected chi connectivity index (χ2v) is 6.35. The van der Waals surface area contributed by atoms with Crippen molar-refractivity contribution in [2.45, 2.75) is 38.5 Å². The van der Waals surface area contributed by atoms with Crippen LogP contribution in [-0.2, 0) is 4.79 Å². The first-order valence-corrected chi connectivity index (χ1v) is 7.98. The van der Waals surface area contributed by atoms with Crippen LogP contribution in [0.5, 0.6) is 0 Å². The molecule has 1 atom stereocenters. The molecule has 1 unspecified atom stereocenters. The molecule has 1 saturated heterocycles. The molecule has 1 N–H and O–H groups in total. The second kappa shape index (κ2) is 5.79. The minimum atomic E-state index is 0.0289. The van der Waals surface area contributed by atoms with Crippen LogP contribution < -0.4 is 10.2 Å². The van der Waals surface area contributed by atoms with Crippen molar-refractivity contribution in [3.63, 3.8) is 0 Å². The van der Waals surface area contributed by atoms with E-state index >= 15 is 0 Å². The largest absolute Gasteiger partial charge is 0.359 e. The summed E-state index contributed by atoms with van der Waals surface area (Å²) in [6, 6.07) is 0. The Morgan fingerprint density at radius 2 is 2.10 bits per heavy atom. The molecule has 1 aliphatic heterocycles. The maximum absolute atomic E-state index is 11.9. The van der Waals surface area contributed by atoms with Crippen molar-refractivity contribution >= 4 is 23.3 Å². The number of carbonyl (C=O) groups is 1. The van der Waals surface area contributed by atoms with Crippen LogP contribution in [0.1, 0.15) is 43.0 Å². The third kappa shape index (κ3) is 2.98. The predicted molar refractivity (Wildman–Crippen MR) is 82.8 cm³/mol. The zero-order valence-electron chi connectivity index (χ0n) is 12.5. The average molecular weight is 309 g/mol. The molecule has 0 radical (unpaired) electrons. The number of halogens is 1. The molecule has 0 aromatic carbocycles. The van der Waals surface area contributed by atoms with Crippen LogP contribution in [0.2, 0.25) is 5.15 Å². The Labute approximate surface area is 130 Å². The summed E-state index contributed by atoms with van der Waals surface area (Å²) in [6.45, 7) is 3.58. The summed E-state index contributed by atoms with van der Waals surface area (Å²) >= 11 is 6.28. The second-order valence-electron chi connectivity index (χ2n) is 5.99. The molecule has 21 heavy (non-hydrogen) atoms. The minimum Gasteiger partial charge on any atom is -0.359 e. The number of hydrogen-bond acceptors (Lipinski definition) is 4. The Morgan fingerprint density at radius 3 is 2.76 bits per heavy atom. The number of piperidine rings is 1. The summed E-state index contributed by atoms with van der Waals surface area (Å²) < 4.78 is 0. The van der Waals surface area contributed by atoms with E-state index in [9.17, 15) is 4.79 Å². The standard InChI is InChI=1S/C15H21ClN4O/c1-9-12(16)18-13(10-5-6-10)19-14(9)20-7-3-4-11(8-20)15(21)17-2/h10-11H,3-8H2,1-2H3,(H,17,21). The van der Waals surface area contributed by atoms with E-state index in [2.05, 4.69) is 15.2 Å². The molecule has 114 valence electrons. The van der Waals surface area contributed by atoms with E-state index in [1.54, 1.807) is 7.05 Å². The fourth-order valence-corrected chi connectivity index (χ4v) is 3.08. The SMILES string of the molecule is CNC(=O)C1CCCN(c2nc(C3CC3)nc(Cl)c2C)C1. The number of amides is 1. The van der Waals surface area contributed by atoms with Crippen molar-refractivity contribution in [2.24, 2.45) is 5.92 Å². The Balaban J connectivity index is 1.86. The first-order valence-electron chi connectivity index (χ1n) is 7.60. The highest BCUT2D eigenvalue weighted by molar-refractivity contribution is 6.30. The Kier molecular flexibility index (Phi) is 4.02. The van der Waals surface area contributed by atoms with E-state index in [0.717, 1.165) is 49.4 Å². The van der Waals surface area contributed by atoms with Crippen molar-refractivity contribution in [3.05, 3.63) is 16.5 Å². The topological polar surface area (TPSA) is 58.1 Å². The van der Waals surface area contributed by atoms with Gasteiger partial charge in [0.1, 0.15) is 16.8 Å². The van der Waals surface area contributed by atoms with Crippen molar-refractivity contribution in [1.82, 2.24) is 15.3 Å². The molecule has 0 spiro atoms. The fourth-order valence-electron chi connectivity index (χ4n) is 2.91. The zero-order valence-corrected chi connectivity index (χ0v) is 13.3.